The van der Waals surface area contributed by atoms with Crippen molar-refractivity contribution >= 4 is 56.5 Å². The second-order valence-electron chi connectivity index (χ2n) is 6.46. The van der Waals surface area contributed by atoms with Crippen molar-refractivity contribution in [3.63, 3.8) is 0 Å². The Balaban J connectivity index is 1.61. The second-order valence-corrected chi connectivity index (χ2v) is 8.92. The van der Waals surface area contributed by atoms with Gasteiger partial charge in [0.25, 0.3) is 5.91 Å². The van der Waals surface area contributed by atoms with E-state index in [1.807, 2.05) is 0 Å². The van der Waals surface area contributed by atoms with Crippen LogP contribution in [0.5, 0.6) is 0 Å². The second kappa shape index (κ2) is 9.20. The van der Waals surface area contributed by atoms with Crippen molar-refractivity contribution in [3.05, 3.63) is 45.1 Å². The highest BCUT2D eigenvalue weighted by Crippen LogP contribution is 2.23. The van der Waals surface area contributed by atoms with Gasteiger partial charge in [-0.25, -0.2) is 4.79 Å². The molecule has 2 aromatic rings. The Morgan fingerprint density at radius 2 is 1.68 bits per heavy atom. The topological polar surface area (TPSA) is 90.5 Å². The number of halogens is 1. The predicted octanol–water partition coefficient (Wildman–Crippen LogP) is 3.90. The van der Waals surface area contributed by atoms with E-state index >= 15 is 0 Å². The van der Waals surface area contributed by atoms with Gasteiger partial charge in [-0.05, 0) is 60.0 Å². The van der Waals surface area contributed by atoms with Gasteiger partial charge < -0.3 is 20.9 Å². The Bertz CT molecular complexity index is 880. The van der Waals surface area contributed by atoms with E-state index < -0.39 is 6.04 Å². The van der Waals surface area contributed by atoms with Crippen molar-refractivity contribution in [2.45, 2.75) is 25.8 Å². The first kappa shape index (κ1) is 20.3. The fourth-order valence-electron chi connectivity index (χ4n) is 2.83. The van der Waals surface area contributed by atoms with E-state index in [0.717, 1.165) is 29.7 Å². The first-order chi connectivity index (χ1) is 13.4. The molecule has 3 rings (SSSR count). The summed E-state index contributed by atoms with van der Waals surface area (Å²) in [5.74, 6) is -0.680. The number of nitrogens with one attached hydrogen (secondary N) is 3. The van der Waals surface area contributed by atoms with Crippen LogP contribution in [0.15, 0.2) is 40.2 Å². The zero-order chi connectivity index (χ0) is 20.1. The number of carbonyl (C=O) groups excluding carboxylic acids is 3. The molecule has 4 amide bonds. The van der Waals surface area contributed by atoms with Crippen LogP contribution in [0.2, 0.25) is 0 Å². The third-order valence-electron chi connectivity index (χ3n) is 4.36. The largest absolute Gasteiger partial charge is 0.340 e. The van der Waals surface area contributed by atoms with Gasteiger partial charge in [-0.15, -0.1) is 11.3 Å². The van der Waals surface area contributed by atoms with E-state index in [0.29, 0.717) is 16.3 Å². The van der Waals surface area contributed by atoms with Crippen LogP contribution < -0.4 is 16.0 Å². The van der Waals surface area contributed by atoms with Gasteiger partial charge in [-0.3, -0.25) is 9.59 Å². The number of anilines is 2. The van der Waals surface area contributed by atoms with Gasteiger partial charge >= 0.3 is 6.03 Å². The number of thiophene rings is 1. The standard InChI is InChI=1S/C19H21BrN4O3S/c1-12(21-18(26)15-8-9-16(20)28-15)17(25)22-13-6-2-3-7-14(13)23-19(27)24-10-4-5-11-24/h2-3,6-9,12H,4-5,10-11H2,1H3,(H,21,26)(H,22,25)(H,23,27). The van der Waals surface area contributed by atoms with Crippen molar-refractivity contribution in [2.24, 2.45) is 0 Å². The molecular weight excluding hydrogens is 444 g/mol. The van der Waals surface area contributed by atoms with Crippen molar-refractivity contribution in [2.75, 3.05) is 23.7 Å². The maximum atomic E-state index is 12.5. The van der Waals surface area contributed by atoms with Crippen LogP contribution in [0.25, 0.3) is 0 Å². The van der Waals surface area contributed by atoms with Crippen molar-refractivity contribution in [3.8, 4) is 0 Å². The van der Waals surface area contributed by atoms with Gasteiger partial charge in [0.2, 0.25) is 5.91 Å². The van der Waals surface area contributed by atoms with Crippen molar-refractivity contribution in [1.82, 2.24) is 10.2 Å². The molecule has 148 valence electrons. The third-order valence-corrected chi connectivity index (χ3v) is 5.98. The number of rotatable bonds is 5. The lowest BCUT2D eigenvalue weighted by Crippen LogP contribution is -2.41. The first-order valence-electron chi connectivity index (χ1n) is 8.96. The van der Waals surface area contributed by atoms with Gasteiger partial charge in [0, 0.05) is 13.1 Å². The van der Waals surface area contributed by atoms with E-state index in [1.165, 1.54) is 11.3 Å². The number of benzene rings is 1. The summed E-state index contributed by atoms with van der Waals surface area (Å²) in [6, 6.07) is 9.56. The number of nitrogens with zero attached hydrogens (tertiary/aromatic N) is 1. The maximum absolute atomic E-state index is 12.5. The normalized spacial score (nSPS) is 14.4. The first-order valence-corrected chi connectivity index (χ1v) is 10.6. The summed E-state index contributed by atoms with van der Waals surface area (Å²) in [5.41, 5.74) is 1.01. The predicted molar refractivity (Wildman–Crippen MR) is 114 cm³/mol. The van der Waals surface area contributed by atoms with Crippen molar-refractivity contribution < 1.29 is 14.4 Å². The highest BCUT2D eigenvalue weighted by molar-refractivity contribution is 9.11. The summed E-state index contributed by atoms with van der Waals surface area (Å²) in [7, 11) is 0. The lowest BCUT2D eigenvalue weighted by molar-refractivity contribution is -0.117. The molecule has 1 unspecified atom stereocenters. The minimum absolute atomic E-state index is 0.177. The number of urea groups is 1. The number of hydrogen-bond acceptors (Lipinski definition) is 4. The van der Waals surface area contributed by atoms with Gasteiger partial charge in [0.15, 0.2) is 0 Å². The molecule has 9 heteroatoms. The molecule has 0 saturated carbocycles. The van der Waals surface area contributed by atoms with Crippen molar-refractivity contribution in [1.29, 1.82) is 0 Å². The van der Waals surface area contributed by atoms with Gasteiger partial charge in [-0.1, -0.05) is 12.1 Å². The zero-order valence-electron chi connectivity index (χ0n) is 15.3. The molecule has 3 N–H and O–H groups in total. The van der Waals surface area contributed by atoms with Gasteiger partial charge in [0.05, 0.1) is 20.0 Å². The monoisotopic (exact) mass is 464 g/mol. The molecule has 0 bridgehead atoms. The fourth-order valence-corrected chi connectivity index (χ4v) is 4.12. The van der Waals surface area contributed by atoms with Crippen LogP contribution in [-0.2, 0) is 4.79 Å². The molecule has 1 aliphatic rings. The summed E-state index contributed by atoms with van der Waals surface area (Å²) in [6.45, 7) is 3.09. The van der Waals surface area contributed by atoms with Crippen LogP contribution >= 0.6 is 27.3 Å². The minimum Gasteiger partial charge on any atom is -0.340 e. The molecular formula is C19H21BrN4O3S. The summed E-state index contributed by atoms with van der Waals surface area (Å²) < 4.78 is 0.845. The average Bonchev–Trinajstić information content (AvgIpc) is 3.35. The Labute approximate surface area is 175 Å². The number of amides is 4. The number of para-hydroxylation sites is 2. The Hall–Kier alpha value is -2.39. The molecule has 0 aliphatic carbocycles. The third kappa shape index (κ3) is 5.11. The zero-order valence-corrected chi connectivity index (χ0v) is 17.7. The van der Waals surface area contributed by atoms with Gasteiger partial charge in [0.1, 0.15) is 6.04 Å². The number of carbonyl (C=O) groups is 3. The van der Waals surface area contributed by atoms with Gasteiger partial charge in [-0.2, -0.15) is 0 Å². The molecule has 1 aromatic heterocycles. The molecule has 28 heavy (non-hydrogen) atoms. The van der Waals surface area contributed by atoms with E-state index in [-0.39, 0.29) is 17.8 Å². The average molecular weight is 465 g/mol. The Kier molecular flexibility index (Phi) is 6.69. The molecule has 1 atom stereocenters. The molecule has 0 spiro atoms. The quantitative estimate of drug-likeness (QED) is 0.626. The van der Waals surface area contributed by atoms with E-state index in [4.69, 9.17) is 0 Å². The van der Waals surface area contributed by atoms with E-state index in [9.17, 15) is 14.4 Å². The molecule has 2 heterocycles. The Morgan fingerprint density at radius 1 is 1.04 bits per heavy atom. The van der Waals surface area contributed by atoms with Crippen LogP contribution in [0.3, 0.4) is 0 Å². The smallest absolute Gasteiger partial charge is 0.321 e. The number of hydrogen-bond donors (Lipinski definition) is 3. The molecule has 1 aliphatic heterocycles. The fraction of sp³-hybridized carbons (Fsp3) is 0.316. The SMILES string of the molecule is CC(NC(=O)c1ccc(Br)s1)C(=O)Nc1ccccc1NC(=O)N1CCCC1. The summed E-state index contributed by atoms with van der Waals surface area (Å²) in [6.07, 6.45) is 2.01. The summed E-state index contributed by atoms with van der Waals surface area (Å²) >= 11 is 4.61. The lowest BCUT2D eigenvalue weighted by Gasteiger charge is -2.19. The molecule has 0 radical (unpaired) electrons. The molecule has 1 fully saturated rings. The summed E-state index contributed by atoms with van der Waals surface area (Å²) in [4.78, 5) is 39.3. The molecule has 1 aromatic carbocycles. The highest BCUT2D eigenvalue weighted by atomic mass is 79.9. The molecule has 7 nitrogen and oxygen atoms in total. The Morgan fingerprint density at radius 3 is 2.29 bits per heavy atom. The molecule has 1 saturated heterocycles. The van der Waals surface area contributed by atoms with E-state index in [1.54, 1.807) is 48.2 Å². The number of likely N-dealkylation sites (tertiary alicyclic amines) is 1. The minimum atomic E-state index is -0.740. The highest BCUT2D eigenvalue weighted by Gasteiger charge is 2.21. The van der Waals surface area contributed by atoms with E-state index in [2.05, 4.69) is 31.9 Å². The summed E-state index contributed by atoms with van der Waals surface area (Å²) in [5, 5.41) is 8.30. The van der Waals surface area contributed by atoms with Crippen LogP contribution in [-0.4, -0.2) is 41.9 Å². The maximum Gasteiger partial charge on any atom is 0.321 e. The lowest BCUT2D eigenvalue weighted by atomic mass is 10.2. The van der Waals surface area contributed by atoms with Crippen LogP contribution in [0.1, 0.15) is 29.4 Å². The van der Waals surface area contributed by atoms with Crippen LogP contribution in [0, 0.1) is 0 Å². The van der Waals surface area contributed by atoms with Crippen LogP contribution in [0.4, 0.5) is 16.2 Å².